The fraction of sp³-hybridized carbons (Fsp3) is 0.150. The number of hydrogen-bond acceptors (Lipinski definition) is 4. The third-order valence-electron chi connectivity index (χ3n) is 3.72. The smallest absolute Gasteiger partial charge is 0.342 e. The monoisotopic (exact) mass is 352 g/mol. The zero-order valence-electron chi connectivity index (χ0n) is 14.0. The van der Waals surface area contributed by atoms with Gasteiger partial charge in [-0.05, 0) is 38.1 Å². The molecule has 1 aromatic heterocycles. The van der Waals surface area contributed by atoms with Crippen LogP contribution in [0.5, 0.6) is 0 Å². The first kappa shape index (κ1) is 17.1. The minimum absolute atomic E-state index is 0.297. The Morgan fingerprint density at radius 2 is 1.68 bits per heavy atom. The second-order valence-electron chi connectivity index (χ2n) is 5.45. The van der Waals surface area contributed by atoms with Crippen molar-refractivity contribution in [3.05, 3.63) is 70.9 Å². The highest BCUT2D eigenvalue weighted by Crippen LogP contribution is 2.28. The van der Waals surface area contributed by atoms with Crippen molar-refractivity contribution < 1.29 is 9.53 Å². The third-order valence-corrected chi connectivity index (χ3v) is 3.97. The van der Waals surface area contributed by atoms with Crippen LogP contribution in [-0.2, 0) is 4.74 Å². The van der Waals surface area contributed by atoms with E-state index in [2.05, 4.69) is 9.97 Å². The zero-order chi connectivity index (χ0) is 17.8. The summed E-state index contributed by atoms with van der Waals surface area (Å²) in [6, 6.07) is 16.8. The van der Waals surface area contributed by atoms with E-state index in [9.17, 15) is 4.79 Å². The summed E-state index contributed by atoms with van der Waals surface area (Å²) in [5.41, 5.74) is 3.21. The molecule has 0 amide bonds. The Morgan fingerprint density at radius 1 is 1.00 bits per heavy atom. The van der Waals surface area contributed by atoms with E-state index < -0.39 is 5.97 Å². The van der Waals surface area contributed by atoms with Gasteiger partial charge in [0.25, 0.3) is 0 Å². The van der Waals surface area contributed by atoms with E-state index in [-0.39, 0.29) is 0 Å². The Hall–Kier alpha value is -2.72. The Kier molecular flexibility index (Phi) is 5.10. The molecule has 5 heteroatoms. The van der Waals surface area contributed by atoms with Crippen molar-refractivity contribution in [2.75, 3.05) is 6.61 Å². The molecule has 3 rings (SSSR count). The molecular formula is C20H17ClN2O2. The first-order valence-corrected chi connectivity index (χ1v) is 8.35. The number of rotatable bonds is 4. The molecular weight excluding hydrogens is 336 g/mol. The van der Waals surface area contributed by atoms with E-state index in [0.717, 1.165) is 11.1 Å². The fourth-order valence-electron chi connectivity index (χ4n) is 2.55. The van der Waals surface area contributed by atoms with Crippen molar-refractivity contribution in [3.8, 4) is 22.6 Å². The number of halogens is 1. The van der Waals surface area contributed by atoms with Gasteiger partial charge in [-0.1, -0.05) is 41.9 Å². The third kappa shape index (κ3) is 3.69. The minimum Gasteiger partial charge on any atom is -0.462 e. The summed E-state index contributed by atoms with van der Waals surface area (Å²) in [4.78, 5) is 21.6. The summed E-state index contributed by atoms with van der Waals surface area (Å²) in [6.07, 6.45) is 0. The molecule has 126 valence electrons. The molecule has 1 heterocycles. The number of benzene rings is 2. The highest BCUT2D eigenvalue weighted by Gasteiger charge is 2.21. The Bertz CT molecular complexity index is 894. The minimum atomic E-state index is -0.415. The van der Waals surface area contributed by atoms with E-state index in [0.29, 0.717) is 34.4 Å². The van der Waals surface area contributed by atoms with Crippen molar-refractivity contribution in [3.63, 3.8) is 0 Å². The van der Waals surface area contributed by atoms with Gasteiger partial charge in [0.2, 0.25) is 0 Å². The summed E-state index contributed by atoms with van der Waals surface area (Å²) in [6.45, 7) is 3.86. The van der Waals surface area contributed by atoms with Crippen molar-refractivity contribution >= 4 is 17.6 Å². The van der Waals surface area contributed by atoms with E-state index >= 15 is 0 Å². The second kappa shape index (κ2) is 7.45. The standard InChI is InChI=1S/C20H17ClN2O2/c1-3-25-20(24)17-13(2)22-19(15-9-11-16(21)12-10-15)23-18(17)14-7-5-4-6-8-14/h4-12H,3H2,1-2H3. The number of ether oxygens (including phenoxy) is 1. The van der Waals surface area contributed by atoms with Crippen LogP contribution >= 0.6 is 11.6 Å². The summed E-state index contributed by atoms with van der Waals surface area (Å²) in [5.74, 6) is 0.127. The van der Waals surface area contributed by atoms with E-state index in [4.69, 9.17) is 16.3 Å². The molecule has 2 aromatic carbocycles. The number of aryl methyl sites for hydroxylation is 1. The van der Waals surface area contributed by atoms with Gasteiger partial charge in [0, 0.05) is 16.1 Å². The highest BCUT2D eigenvalue weighted by molar-refractivity contribution is 6.30. The molecule has 0 bridgehead atoms. The molecule has 3 aromatic rings. The van der Waals surface area contributed by atoms with Gasteiger partial charge in [0.05, 0.1) is 18.0 Å². The van der Waals surface area contributed by atoms with Crippen molar-refractivity contribution in [2.24, 2.45) is 0 Å². The van der Waals surface area contributed by atoms with Crippen molar-refractivity contribution in [1.29, 1.82) is 0 Å². The van der Waals surface area contributed by atoms with Gasteiger partial charge in [0.15, 0.2) is 5.82 Å². The van der Waals surface area contributed by atoms with Crippen LogP contribution in [0.25, 0.3) is 22.6 Å². The van der Waals surface area contributed by atoms with Crippen LogP contribution in [0.2, 0.25) is 5.02 Å². The molecule has 4 nitrogen and oxygen atoms in total. The Balaban J connectivity index is 2.20. The maximum atomic E-state index is 12.4. The number of hydrogen-bond donors (Lipinski definition) is 0. The van der Waals surface area contributed by atoms with Crippen LogP contribution in [0.1, 0.15) is 23.0 Å². The summed E-state index contributed by atoms with van der Waals surface area (Å²) >= 11 is 5.96. The Morgan fingerprint density at radius 3 is 2.32 bits per heavy atom. The Labute approximate surface area is 151 Å². The molecule has 0 aliphatic heterocycles. The normalized spacial score (nSPS) is 10.5. The van der Waals surface area contributed by atoms with Crippen LogP contribution in [0.3, 0.4) is 0 Å². The SMILES string of the molecule is CCOC(=O)c1c(C)nc(-c2ccc(Cl)cc2)nc1-c1ccccc1. The zero-order valence-corrected chi connectivity index (χ0v) is 14.7. The van der Waals surface area contributed by atoms with Crippen LogP contribution in [0, 0.1) is 6.92 Å². The van der Waals surface area contributed by atoms with Gasteiger partial charge in [0.1, 0.15) is 5.56 Å². The predicted molar refractivity (Wildman–Crippen MR) is 98.6 cm³/mol. The van der Waals surface area contributed by atoms with Gasteiger partial charge in [-0.15, -0.1) is 0 Å². The summed E-state index contributed by atoms with van der Waals surface area (Å²) in [5, 5.41) is 0.645. The highest BCUT2D eigenvalue weighted by atomic mass is 35.5. The molecule has 0 aliphatic rings. The molecule has 0 N–H and O–H groups in total. The number of carbonyl (C=O) groups excluding carboxylic acids is 1. The molecule has 0 atom stereocenters. The molecule has 0 fully saturated rings. The van der Waals surface area contributed by atoms with Crippen LogP contribution in [0.4, 0.5) is 0 Å². The van der Waals surface area contributed by atoms with Gasteiger partial charge in [-0.25, -0.2) is 14.8 Å². The van der Waals surface area contributed by atoms with E-state index in [1.807, 2.05) is 42.5 Å². The quantitative estimate of drug-likeness (QED) is 0.623. The summed E-state index contributed by atoms with van der Waals surface area (Å²) < 4.78 is 5.20. The maximum absolute atomic E-state index is 12.4. The second-order valence-corrected chi connectivity index (χ2v) is 5.89. The lowest BCUT2D eigenvalue weighted by atomic mass is 10.0. The fourth-order valence-corrected chi connectivity index (χ4v) is 2.68. The number of nitrogens with zero attached hydrogens (tertiary/aromatic N) is 2. The number of aromatic nitrogens is 2. The van der Waals surface area contributed by atoms with E-state index in [1.54, 1.807) is 26.0 Å². The van der Waals surface area contributed by atoms with Crippen LogP contribution < -0.4 is 0 Å². The predicted octanol–water partition coefficient (Wildman–Crippen LogP) is 4.95. The van der Waals surface area contributed by atoms with Gasteiger partial charge >= 0.3 is 5.97 Å². The lowest BCUT2D eigenvalue weighted by molar-refractivity contribution is 0.0525. The number of carbonyl (C=O) groups is 1. The lowest BCUT2D eigenvalue weighted by Crippen LogP contribution is -2.12. The summed E-state index contributed by atoms with van der Waals surface area (Å²) in [7, 11) is 0. The number of esters is 1. The molecule has 0 saturated carbocycles. The topological polar surface area (TPSA) is 52.1 Å². The molecule has 0 saturated heterocycles. The van der Waals surface area contributed by atoms with E-state index in [1.165, 1.54) is 0 Å². The molecule has 0 radical (unpaired) electrons. The lowest BCUT2D eigenvalue weighted by Gasteiger charge is -2.13. The van der Waals surface area contributed by atoms with Gasteiger partial charge in [-0.2, -0.15) is 0 Å². The first-order chi connectivity index (χ1) is 12.1. The molecule has 0 spiro atoms. The largest absolute Gasteiger partial charge is 0.462 e. The van der Waals surface area contributed by atoms with Gasteiger partial charge in [-0.3, -0.25) is 0 Å². The van der Waals surface area contributed by atoms with Crippen molar-refractivity contribution in [2.45, 2.75) is 13.8 Å². The van der Waals surface area contributed by atoms with Crippen LogP contribution in [0.15, 0.2) is 54.6 Å². The first-order valence-electron chi connectivity index (χ1n) is 7.97. The molecule has 0 aliphatic carbocycles. The maximum Gasteiger partial charge on any atom is 0.342 e. The average molecular weight is 353 g/mol. The average Bonchev–Trinajstić information content (AvgIpc) is 2.62. The van der Waals surface area contributed by atoms with Crippen molar-refractivity contribution in [1.82, 2.24) is 9.97 Å². The van der Waals surface area contributed by atoms with Gasteiger partial charge < -0.3 is 4.74 Å². The van der Waals surface area contributed by atoms with Crippen LogP contribution in [-0.4, -0.2) is 22.5 Å². The molecule has 0 unspecified atom stereocenters. The molecule has 25 heavy (non-hydrogen) atoms.